The van der Waals surface area contributed by atoms with Crippen LogP contribution in [0.4, 0.5) is 10.5 Å². The minimum atomic E-state index is -1.57. The van der Waals surface area contributed by atoms with Crippen molar-refractivity contribution in [2.45, 2.75) is 12.5 Å². The molecule has 0 aliphatic carbocycles. The Morgan fingerprint density at radius 3 is 2.48 bits per heavy atom. The number of halogens is 1. The summed E-state index contributed by atoms with van der Waals surface area (Å²) in [6.45, 7) is 0. The van der Waals surface area contributed by atoms with Crippen LogP contribution < -0.4 is 10.6 Å². The Hall–Kier alpha value is -2.79. The molecule has 0 aliphatic heterocycles. The highest BCUT2D eigenvalue weighted by Crippen LogP contribution is 2.22. The second kappa shape index (κ2) is 7.12. The van der Waals surface area contributed by atoms with Gasteiger partial charge in [-0.25, -0.2) is 9.59 Å². The van der Waals surface area contributed by atoms with E-state index >= 15 is 0 Å². The van der Waals surface area contributed by atoms with E-state index in [1.54, 1.807) is 0 Å². The highest BCUT2D eigenvalue weighted by Gasteiger charge is 2.23. The molecule has 0 radical (unpaired) electrons. The molecule has 21 heavy (non-hydrogen) atoms. The number of hydrogen-bond donors (Lipinski definition) is 4. The van der Waals surface area contributed by atoms with Crippen molar-refractivity contribution in [2.24, 2.45) is 0 Å². The molecule has 0 fully saturated rings. The number of nitrogens with zero attached hydrogens (tertiary/aromatic N) is 1. The maximum atomic E-state index is 11.6. The van der Waals surface area contributed by atoms with Crippen LogP contribution in [-0.4, -0.2) is 34.2 Å². The van der Waals surface area contributed by atoms with Crippen LogP contribution >= 0.6 is 11.6 Å². The molecule has 0 spiro atoms. The first-order valence-corrected chi connectivity index (χ1v) is 5.93. The normalized spacial score (nSPS) is 11.0. The number of carboxylic acid groups (broad SMARTS) is 2. The fraction of sp³-hybridized carbons (Fsp3) is 0.167. The van der Waals surface area contributed by atoms with Gasteiger partial charge >= 0.3 is 18.0 Å². The molecule has 1 aromatic carbocycles. The second-order valence-corrected chi connectivity index (χ2v) is 4.30. The second-order valence-electron chi connectivity index (χ2n) is 3.89. The summed E-state index contributed by atoms with van der Waals surface area (Å²) in [7, 11) is 0. The number of aliphatic carboxylic acids is 2. The molecule has 9 heteroatoms. The van der Waals surface area contributed by atoms with Crippen molar-refractivity contribution in [3.8, 4) is 6.07 Å². The molecule has 8 nitrogen and oxygen atoms in total. The Morgan fingerprint density at radius 2 is 2.00 bits per heavy atom. The van der Waals surface area contributed by atoms with Gasteiger partial charge in [-0.2, -0.15) is 5.26 Å². The average molecular weight is 312 g/mol. The Labute approximate surface area is 123 Å². The van der Waals surface area contributed by atoms with Crippen LogP contribution in [0.1, 0.15) is 12.0 Å². The van der Waals surface area contributed by atoms with Gasteiger partial charge in [0, 0.05) is 0 Å². The SMILES string of the molecule is N#Cc1ccc(NC(=O)NC(CC(=O)O)C(=O)O)c(Cl)c1. The molecule has 0 heterocycles. The molecule has 1 rings (SSSR count). The molecule has 0 saturated carbocycles. The number of amides is 2. The minimum Gasteiger partial charge on any atom is -0.481 e. The van der Waals surface area contributed by atoms with Crippen LogP contribution in [0.25, 0.3) is 0 Å². The zero-order chi connectivity index (χ0) is 16.0. The van der Waals surface area contributed by atoms with Crippen LogP contribution in [0.5, 0.6) is 0 Å². The third kappa shape index (κ3) is 5.00. The maximum absolute atomic E-state index is 11.6. The van der Waals surface area contributed by atoms with Gasteiger partial charge in [0.15, 0.2) is 0 Å². The molecule has 0 aliphatic rings. The van der Waals surface area contributed by atoms with Gasteiger partial charge in [0.1, 0.15) is 6.04 Å². The van der Waals surface area contributed by atoms with E-state index in [1.165, 1.54) is 18.2 Å². The fourth-order valence-electron chi connectivity index (χ4n) is 1.38. The third-order valence-electron chi connectivity index (χ3n) is 2.33. The van der Waals surface area contributed by atoms with E-state index in [9.17, 15) is 14.4 Å². The number of hydrogen-bond acceptors (Lipinski definition) is 4. The first-order valence-electron chi connectivity index (χ1n) is 5.55. The Kier molecular flexibility index (Phi) is 5.51. The summed E-state index contributed by atoms with van der Waals surface area (Å²) in [5.41, 5.74) is 0.452. The predicted molar refractivity (Wildman–Crippen MR) is 72.0 cm³/mol. The zero-order valence-electron chi connectivity index (χ0n) is 10.5. The summed E-state index contributed by atoms with van der Waals surface area (Å²) in [6, 6.07) is 3.47. The summed E-state index contributed by atoms with van der Waals surface area (Å²) in [5.74, 6) is -2.84. The lowest BCUT2D eigenvalue weighted by molar-refractivity contribution is -0.145. The average Bonchev–Trinajstić information content (AvgIpc) is 2.39. The van der Waals surface area contributed by atoms with Gasteiger partial charge in [-0.3, -0.25) is 4.79 Å². The van der Waals surface area contributed by atoms with Crippen molar-refractivity contribution in [2.75, 3.05) is 5.32 Å². The van der Waals surface area contributed by atoms with Gasteiger partial charge in [-0.1, -0.05) is 11.6 Å². The van der Waals surface area contributed by atoms with Crippen molar-refractivity contribution in [1.82, 2.24) is 5.32 Å². The molecular formula is C12H10ClN3O5. The molecule has 1 unspecified atom stereocenters. The number of carbonyl (C=O) groups excluding carboxylic acids is 1. The van der Waals surface area contributed by atoms with E-state index < -0.39 is 30.4 Å². The lowest BCUT2D eigenvalue weighted by atomic mass is 10.2. The molecule has 110 valence electrons. The number of urea groups is 1. The lowest BCUT2D eigenvalue weighted by Crippen LogP contribution is -2.44. The third-order valence-corrected chi connectivity index (χ3v) is 2.64. The van der Waals surface area contributed by atoms with Crippen LogP contribution in [0.15, 0.2) is 18.2 Å². The van der Waals surface area contributed by atoms with Crippen LogP contribution in [-0.2, 0) is 9.59 Å². The van der Waals surface area contributed by atoms with E-state index in [-0.39, 0.29) is 10.7 Å². The molecular weight excluding hydrogens is 302 g/mol. The zero-order valence-corrected chi connectivity index (χ0v) is 11.2. The van der Waals surface area contributed by atoms with Gasteiger partial charge in [-0.05, 0) is 18.2 Å². The van der Waals surface area contributed by atoms with Crippen molar-refractivity contribution in [3.63, 3.8) is 0 Å². The summed E-state index contributed by atoms with van der Waals surface area (Å²) < 4.78 is 0. The van der Waals surface area contributed by atoms with Gasteiger partial charge in [0.2, 0.25) is 0 Å². The largest absolute Gasteiger partial charge is 0.481 e. The lowest BCUT2D eigenvalue weighted by Gasteiger charge is -2.14. The van der Waals surface area contributed by atoms with Crippen LogP contribution in [0.2, 0.25) is 5.02 Å². The molecule has 0 saturated heterocycles. The number of nitriles is 1. The minimum absolute atomic E-state index is 0.0920. The Morgan fingerprint density at radius 1 is 1.33 bits per heavy atom. The Bertz CT molecular complexity index is 626. The van der Waals surface area contributed by atoms with E-state index in [1.807, 2.05) is 11.4 Å². The van der Waals surface area contributed by atoms with Crippen molar-refractivity contribution in [3.05, 3.63) is 28.8 Å². The summed E-state index contributed by atoms with van der Waals surface area (Å²) in [5, 5.41) is 30.4. The monoisotopic (exact) mass is 311 g/mol. The van der Waals surface area contributed by atoms with E-state index in [4.69, 9.17) is 27.1 Å². The molecule has 1 aromatic rings. The van der Waals surface area contributed by atoms with Crippen molar-refractivity contribution < 1.29 is 24.6 Å². The van der Waals surface area contributed by atoms with Crippen molar-refractivity contribution >= 4 is 35.3 Å². The number of carboxylic acids is 2. The number of carbonyl (C=O) groups is 3. The standard InChI is InChI=1S/C12H10ClN3O5/c13-7-3-6(5-14)1-2-8(7)15-12(21)16-9(11(19)20)4-10(17)18/h1-3,9H,4H2,(H,17,18)(H,19,20)(H2,15,16,21). The van der Waals surface area contributed by atoms with Gasteiger partial charge in [-0.15, -0.1) is 0 Å². The topological polar surface area (TPSA) is 140 Å². The van der Waals surface area contributed by atoms with Gasteiger partial charge < -0.3 is 20.8 Å². The van der Waals surface area contributed by atoms with Crippen molar-refractivity contribution in [1.29, 1.82) is 5.26 Å². The molecule has 1 atom stereocenters. The van der Waals surface area contributed by atoms with Gasteiger partial charge in [0.05, 0.1) is 28.8 Å². The molecule has 2 amide bonds. The molecule has 4 N–H and O–H groups in total. The van der Waals surface area contributed by atoms with Crippen LogP contribution in [0.3, 0.4) is 0 Å². The highest BCUT2D eigenvalue weighted by molar-refractivity contribution is 6.33. The summed E-state index contributed by atoms with van der Waals surface area (Å²) >= 11 is 5.83. The quantitative estimate of drug-likeness (QED) is 0.645. The number of benzene rings is 1. The number of anilines is 1. The Balaban J connectivity index is 2.75. The maximum Gasteiger partial charge on any atom is 0.326 e. The summed E-state index contributed by atoms with van der Waals surface area (Å²) in [6.07, 6.45) is -0.760. The van der Waals surface area contributed by atoms with E-state index in [2.05, 4.69) is 5.32 Å². The van der Waals surface area contributed by atoms with Gasteiger partial charge in [0.25, 0.3) is 0 Å². The highest BCUT2D eigenvalue weighted by atomic mass is 35.5. The smallest absolute Gasteiger partial charge is 0.326 e. The van der Waals surface area contributed by atoms with E-state index in [0.717, 1.165) is 0 Å². The van der Waals surface area contributed by atoms with Crippen LogP contribution in [0, 0.1) is 11.3 Å². The number of rotatable bonds is 5. The first-order chi connectivity index (χ1) is 9.83. The predicted octanol–water partition coefficient (Wildman–Crippen LogP) is 1.26. The molecule has 0 aromatic heterocycles. The molecule has 0 bridgehead atoms. The van der Waals surface area contributed by atoms with E-state index in [0.29, 0.717) is 5.56 Å². The summed E-state index contributed by atoms with van der Waals surface area (Å²) in [4.78, 5) is 32.9. The fourth-order valence-corrected chi connectivity index (χ4v) is 1.61. The number of nitrogens with one attached hydrogen (secondary N) is 2. The first kappa shape index (κ1) is 16.3.